The van der Waals surface area contributed by atoms with Crippen molar-refractivity contribution in [2.45, 2.75) is 26.3 Å². The van der Waals surface area contributed by atoms with E-state index in [1.807, 2.05) is 38.9 Å². The monoisotopic (exact) mass is 250 g/mol. The third kappa shape index (κ3) is 3.43. The highest BCUT2D eigenvalue weighted by molar-refractivity contribution is 5.97. The molecule has 5 nitrogen and oxygen atoms in total. The Morgan fingerprint density at radius 1 is 1.56 bits per heavy atom. The molecule has 18 heavy (non-hydrogen) atoms. The average Bonchev–Trinajstić information content (AvgIpc) is 2.37. The minimum Gasteiger partial charge on any atom is -0.361 e. The minimum absolute atomic E-state index is 0.157. The van der Waals surface area contributed by atoms with Gasteiger partial charge in [0.2, 0.25) is 5.91 Å². The Balaban J connectivity index is 2.82. The molecule has 0 radical (unpaired) electrons. The second-order valence-corrected chi connectivity index (χ2v) is 4.67. The van der Waals surface area contributed by atoms with E-state index in [9.17, 15) is 4.79 Å². The lowest BCUT2D eigenvalue weighted by Gasteiger charge is -2.20. The topological polar surface area (TPSA) is 71.2 Å². The molecule has 0 aliphatic carbocycles. The van der Waals surface area contributed by atoms with Gasteiger partial charge >= 0.3 is 0 Å². The van der Waals surface area contributed by atoms with Crippen molar-refractivity contribution in [1.29, 1.82) is 0 Å². The number of hydrogen-bond donors (Lipinski definition) is 2. The molecule has 1 heterocycles. The van der Waals surface area contributed by atoms with Crippen LogP contribution >= 0.6 is 0 Å². The van der Waals surface area contributed by atoms with Crippen LogP contribution in [-0.2, 0) is 4.79 Å². The summed E-state index contributed by atoms with van der Waals surface area (Å²) in [4.78, 5) is 18.1. The summed E-state index contributed by atoms with van der Waals surface area (Å²) in [7, 11) is 3.76. The van der Waals surface area contributed by atoms with Gasteiger partial charge in [0.05, 0.1) is 11.7 Å². The molecule has 0 saturated heterocycles. The number of nitrogens with two attached hydrogens (primary N) is 1. The van der Waals surface area contributed by atoms with Gasteiger partial charge in [0.1, 0.15) is 0 Å². The lowest BCUT2D eigenvalue weighted by Crippen LogP contribution is -2.40. The molecular weight excluding hydrogens is 228 g/mol. The first-order valence-electron chi connectivity index (χ1n) is 6.16. The Morgan fingerprint density at radius 2 is 2.22 bits per heavy atom. The van der Waals surface area contributed by atoms with E-state index in [0.29, 0.717) is 5.69 Å². The zero-order valence-corrected chi connectivity index (χ0v) is 11.5. The van der Waals surface area contributed by atoms with Gasteiger partial charge in [-0.15, -0.1) is 0 Å². The number of nitrogens with one attached hydrogen (secondary N) is 1. The maximum Gasteiger partial charge on any atom is 0.241 e. The van der Waals surface area contributed by atoms with E-state index in [0.717, 1.165) is 12.2 Å². The molecule has 0 saturated carbocycles. The van der Waals surface area contributed by atoms with Gasteiger partial charge in [0, 0.05) is 20.3 Å². The summed E-state index contributed by atoms with van der Waals surface area (Å²) in [5, 5.41) is 2.84. The number of aromatic nitrogens is 1. The molecule has 0 aliphatic rings. The predicted octanol–water partition coefficient (Wildman–Crippen LogP) is 1.46. The molecule has 5 heteroatoms. The van der Waals surface area contributed by atoms with E-state index in [4.69, 9.17) is 5.73 Å². The lowest BCUT2D eigenvalue weighted by atomic mass is 9.99. The first-order valence-corrected chi connectivity index (χ1v) is 6.16. The number of carbonyl (C=O) groups excluding carboxylic acids is 1. The smallest absolute Gasteiger partial charge is 0.241 e. The molecule has 0 aromatic carbocycles. The minimum atomic E-state index is -0.495. The maximum atomic E-state index is 12.0. The predicted molar refractivity (Wildman–Crippen MR) is 74.6 cm³/mol. The molecule has 1 aromatic heterocycles. The normalized spacial score (nSPS) is 13.8. The number of nitrogens with zero attached hydrogens (tertiary/aromatic N) is 2. The number of anilines is 2. The SMILES string of the molecule is CCC(C)[C@H](N)C(=O)Nc1cccnc1N(C)C. The van der Waals surface area contributed by atoms with E-state index in [1.54, 1.807) is 12.3 Å². The van der Waals surface area contributed by atoms with E-state index < -0.39 is 6.04 Å². The molecule has 1 rings (SSSR count). The van der Waals surface area contributed by atoms with Crippen LogP contribution in [0.5, 0.6) is 0 Å². The third-order valence-electron chi connectivity index (χ3n) is 3.03. The van der Waals surface area contributed by atoms with Crippen molar-refractivity contribution in [3.05, 3.63) is 18.3 Å². The Bertz CT molecular complexity index is 406. The zero-order chi connectivity index (χ0) is 13.7. The highest BCUT2D eigenvalue weighted by Crippen LogP contribution is 2.21. The number of carbonyl (C=O) groups is 1. The van der Waals surface area contributed by atoms with Crippen LogP contribution in [0.1, 0.15) is 20.3 Å². The maximum absolute atomic E-state index is 12.0. The second kappa shape index (κ2) is 6.35. The van der Waals surface area contributed by atoms with Crippen molar-refractivity contribution in [2.24, 2.45) is 11.7 Å². The van der Waals surface area contributed by atoms with Crippen molar-refractivity contribution < 1.29 is 4.79 Å². The summed E-state index contributed by atoms with van der Waals surface area (Å²) in [5.41, 5.74) is 6.59. The summed E-state index contributed by atoms with van der Waals surface area (Å²) in [5.74, 6) is 0.715. The van der Waals surface area contributed by atoms with Gasteiger partial charge in [0.15, 0.2) is 5.82 Å². The van der Waals surface area contributed by atoms with Crippen LogP contribution in [0.3, 0.4) is 0 Å². The highest BCUT2D eigenvalue weighted by atomic mass is 16.2. The van der Waals surface area contributed by atoms with Gasteiger partial charge in [-0.1, -0.05) is 20.3 Å². The van der Waals surface area contributed by atoms with Gasteiger partial charge < -0.3 is 16.0 Å². The molecule has 1 aromatic rings. The number of rotatable bonds is 5. The van der Waals surface area contributed by atoms with Gasteiger partial charge in [-0.25, -0.2) is 4.98 Å². The number of amides is 1. The summed E-state index contributed by atoms with van der Waals surface area (Å²) in [6.07, 6.45) is 2.57. The van der Waals surface area contributed by atoms with Crippen molar-refractivity contribution in [2.75, 3.05) is 24.3 Å². The van der Waals surface area contributed by atoms with Crippen LogP contribution in [0.25, 0.3) is 0 Å². The Morgan fingerprint density at radius 3 is 2.78 bits per heavy atom. The molecule has 0 aliphatic heterocycles. The van der Waals surface area contributed by atoms with Crippen LogP contribution < -0.4 is 16.0 Å². The number of pyridine rings is 1. The molecule has 1 amide bonds. The molecule has 2 atom stereocenters. The van der Waals surface area contributed by atoms with Crippen molar-refractivity contribution >= 4 is 17.4 Å². The largest absolute Gasteiger partial charge is 0.361 e. The summed E-state index contributed by atoms with van der Waals surface area (Å²) in [6.45, 7) is 3.99. The molecule has 1 unspecified atom stereocenters. The molecule has 0 fully saturated rings. The first kappa shape index (κ1) is 14.4. The van der Waals surface area contributed by atoms with Crippen LogP contribution in [0.15, 0.2) is 18.3 Å². The van der Waals surface area contributed by atoms with Crippen molar-refractivity contribution in [1.82, 2.24) is 4.98 Å². The van der Waals surface area contributed by atoms with Crippen molar-refractivity contribution in [3.8, 4) is 0 Å². The van der Waals surface area contributed by atoms with Gasteiger partial charge in [-0.3, -0.25) is 4.79 Å². The quantitative estimate of drug-likeness (QED) is 0.830. The van der Waals surface area contributed by atoms with E-state index >= 15 is 0 Å². The van der Waals surface area contributed by atoms with E-state index in [2.05, 4.69) is 10.3 Å². The Hall–Kier alpha value is -1.62. The summed E-state index contributed by atoms with van der Waals surface area (Å²) < 4.78 is 0. The van der Waals surface area contributed by atoms with E-state index in [-0.39, 0.29) is 11.8 Å². The molecule has 0 bridgehead atoms. The number of hydrogen-bond acceptors (Lipinski definition) is 4. The van der Waals surface area contributed by atoms with Gasteiger partial charge in [0.25, 0.3) is 0 Å². The van der Waals surface area contributed by atoms with Crippen LogP contribution in [0.2, 0.25) is 0 Å². The standard InChI is InChI=1S/C13H22N4O/c1-5-9(2)11(14)13(18)16-10-7-6-8-15-12(10)17(3)4/h6-9,11H,5,14H2,1-4H3,(H,16,18)/t9?,11-/m0/s1. The summed E-state index contributed by atoms with van der Waals surface area (Å²) >= 11 is 0. The fraction of sp³-hybridized carbons (Fsp3) is 0.538. The first-order chi connectivity index (χ1) is 8.47. The van der Waals surface area contributed by atoms with Gasteiger partial charge in [-0.05, 0) is 18.1 Å². The van der Waals surface area contributed by atoms with Gasteiger partial charge in [-0.2, -0.15) is 0 Å². The molecule has 0 spiro atoms. The van der Waals surface area contributed by atoms with Crippen LogP contribution in [-0.4, -0.2) is 31.0 Å². The molecule has 100 valence electrons. The van der Waals surface area contributed by atoms with Crippen molar-refractivity contribution in [3.63, 3.8) is 0 Å². The van der Waals surface area contributed by atoms with Crippen LogP contribution in [0, 0.1) is 5.92 Å². The van der Waals surface area contributed by atoms with E-state index in [1.165, 1.54) is 0 Å². The second-order valence-electron chi connectivity index (χ2n) is 4.67. The summed E-state index contributed by atoms with van der Waals surface area (Å²) in [6, 6.07) is 3.12. The molecular formula is C13H22N4O. The Labute approximate surface area is 108 Å². The fourth-order valence-electron chi connectivity index (χ4n) is 1.58. The zero-order valence-electron chi connectivity index (χ0n) is 11.5. The fourth-order valence-corrected chi connectivity index (χ4v) is 1.58. The average molecular weight is 250 g/mol. The lowest BCUT2D eigenvalue weighted by molar-refractivity contribution is -0.118. The highest BCUT2D eigenvalue weighted by Gasteiger charge is 2.20. The van der Waals surface area contributed by atoms with Crippen LogP contribution in [0.4, 0.5) is 11.5 Å². The Kier molecular flexibility index (Phi) is 5.09. The third-order valence-corrected chi connectivity index (χ3v) is 3.03. The molecule has 3 N–H and O–H groups in total.